The van der Waals surface area contributed by atoms with E-state index in [1.165, 1.54) is 10.8 Å². The Balaban J connectivity index is 1.000. The highest BCUT2D eigenvalue weighted by Crippen LogP contribution is 2.44. The first-order chi connectivity index (χ1) is 35.2. The Morgan fingerprint density at radius 2 is 0.761 bits per heavy atom. The average Bonchev–Trinajstić information content (AvgIpc) is 4.15. The summed E-state index contributed by atoms with van der Waals surface area (Å²) in [7, 11) is 0. The first-order valence-corrected chi connectivity index (χ1v) is 23.8. The molecule has 0 aliphatic carbocycles. The van der Waals surface area contributed by atoms with Crippen LogP contribution in [0.15, 0.2) is 247 Å². The number of oxazole rings is 1. The van der Waals surface area contributed by atoms with Gasteiger partial charge in [0.2, 0.25) is 5.89 Å². The van der Waals surface area contributed by atoms with E-state index in [0.29, 0.717) is 23.4 Å². The first kappa shape index (κ1) is 40.4. The van der Waals surface area contributed by atoms with Crippen molar-refractivity contribution < 1.29 is 4.42 Å². The Morgan fingerprint density at radius 1 is 0.296 bits per heavy atom. The lowest BCUT2D eigenvalue weighted by atomic mass is 9.97. The molecule has 0 amide bonds. The highest BCUT2D eigenvalue weighted by atomic mass is 16.3. The molecule has 7 heteroatoms. The normalized spacial score (nSPS) is 11.7. The van der Waals surface area contributed by atoms with Gasteiger partial charge in [-0.25, -0.2) is 19.9 Å². The molecule has 14 aromatic rings. The van der Waals surface area contributed by atoms with Gasteiger partial charge in [-0.15, -0.1) is 0 Å². The molecule has 0 atom stereocenters. The minimum absolute atomic E-state index is 0.598. The van der Waals surface area contributed by atoms with Gasteiger partial charge in [0.05, 0.1) is 22.1 Å². The molecule has 332 valence electrons. The van der Waals surface area contributed by atoms with E-state index in [0.717, 1.165) is 99.8 Å². The van der Waals surface area contributed by atoms with Crippen LogP contribution >= 0.6 is 0 Å². The van der Waals surface area contributed by atoms with Gasteiger partial charge in [-0.1, -0.05) is 170 Å². The fraction of sp³-hybridized carbons (Fsp3) is 0. The van der Waals surface area contributed by atoms with E-state index in [1.807, 2.05) is 97.1 Å². The second-order valence-corrected chi connectivity index (χ2v) is 17.8. The van der Waals surface area contributed by atoms with Crippen molar-refractivity contribution in [2.75, 3.05) is 0 Å². The second-order valence-electron chi connectivity index (χ2n) is 17.8. The van der Waals surface area contributed by atoms with Crippen LogP contribution in [0.5, 0.6) is 0 Å². The molecule has 0 unspecified atom stereocenters. The molecular formula is C64H40N6O. The van der Waals surface area contributed by atoms with Crippen molar-refractivity contribution in [1.82, 2.24) is 29.1 Å². The largest absolute Gasteiger partial charge is 0.435 e. The average molecular weight is 909 g/mol. The van der Waals surface area contributed by atoms with Gasteiger partial charge in [0.15, 0.2) is 23.1 Å². The van der Waals surface area contributed by atoms with Crippen molar-refractivity contribution in [3.8, 4) is 79.2 Å². The second kappa shape index (κ2) is 16.5. The molecular weight excluding hydrogens is 869 g/mol. The number of rotatable bonds is 8. The zero-order chi connectivity index (χ0) is 46.8. The molecule has 0 saturated heterocycles. The lowest BCUT2D eigenvalue weighted by Gasteiger charge is -2.16. The van der Waals surface area contributed by atoms with Crippen LogP contribution in [0.2, 0.25) is 0 Å². The van der Waals surface area contributed by atoms with E-state index >= 15 is 0 Å². The van der Waals surface area contributed by atoms with Gasteiger partial charge in [-0.3, -0.25) is 0 Å². The summed E-state index contributed by atoms with van der Waals surface area (Å²) >= 11 is 0. The molecule has 0 radical (unpaired) electrons. The van der Waals surface area contributed by atoms with E-state index in [-0.39, 0.29) is 0 Å². The smallest absolute Gasteiger partial charge is 0.227 e. The van der Waals surface area contributed by atoms with Crippen LogP contribution in [0.25, 0.3) is 134 Å². The summed E-state index contributed by atoms with van der Waals surface area (Å²) in [5.41, 5.74) is 16.0. The Morgan fingerprint density at radius 3 is 1.32 bits per heavy atom. The molecule has 0 aliphatic heterocycles. The SMILES string of the molecule is c1ccc(-c2cc(-c3cccc4nc(-c5ccccc5)oc34)cc(-n3c4ccccc4c4ccc5c6ccccc6n(-c6ccc(-c7nc(-c8ccccc8)nc(-c8ccccc8)n7)cc6)c5c43)c2)cc1. The molecule has 4 heterocycles. The van der Waals surface area contributed by atoms with Gasteiger partial charge < -0.3 is 13.6 Å². The van der Waals surface area contributed by atoms with Gasteiger partial charge in [0.1, 0.15) is 5.52 Å². The monoisotopic (exact) mass is 908 g/mol. The molecule has 0 saturated carbocycles. The maximum Gasteiger partial charge on any atom is 0.227 e. The van der Waals surface area contributed by atoms with Gasteiger partial charge in [0.25, 0.3) is 0 Å². The lowest BCUT2D eigenvalue weighted by molar-refractivity contribution is 0.621. The van der Waals surface area contributed by atoms with Crippen LogP contribution in [-0.2, 0) is 0 Å². The number of hydrogen-bond acceptors (Lipinski definition) is 5. The van der Waals surface area contributed by atoms with Gasteiger partial charge in [-0.05, 0) is 89.5 Å². The maximum absolute atomic E-state index is 6.67. The molecule has 14 rings (SSSR count). The topological polar surface area (TPSA) is 74.6 Å². The minimum Gasteiger partial charge on any atom is -0.435 e. The molecule has 4 aromatic heterocycles. The number of para-hydroxylation sites is 3. The fourth-order valence-electron chi connectivity index (χ4n) is 10.3. The number of nitrogens with zero attached hydrogens (tertiary/aromatic N) is 6. The van der Waals surface area contributed by atoms with E-state index in [9.17, 15) is 0 Å². The summed E-state index contributed by atoms with van der Waals surface area (Å²) < 4.78 is 11.6. The van der Waals surface area contributed by atoms with E-state index in [1.54, 1.807) is 0 Å². The molecule has 0 bridgehead atoms. The summed E-state index contributed by atoms with van der Waals surface area (Å²) in [4.78, 5) is 20.0. The minimum atomic E-state index is 0.598. The van der Waals surface area contributed by atoms with Gasteiger partial charge in [0, 0.05) is 60.7 Å². The predicted molar refractivity (Wildman–Crippen MR) is 289 cm³/mol. The van der Waals surface area contributed by atoms with Gasteiger partial charge in [-0.2, -0.15) is 0 Å². The zero-order valence-electron chi connectivity index (χ0n) is 38.2. The lowest BCUT2D eigenvalue weighted by Crippen LogP contribution is -2.01. The highest BCUT2D eigenvalue weighted by Gasteiger charge is 2.23. The summed E-state index contributed by atoms with van der Waals surface area (Å²) in [5, 5.41) is 4.68. The third-order valence-electron chi connectivity index (χ3n) is 13.6. The predicted octanol–water partition coefficient (Wildman–Crippen LogP) is 16.2. The Labute approximate surface area is 408 Å². The molecule has 0 spiro atoms. The van der Waals surface area contributed by atoms with Crippen molar-refractivity contribution in [3.63, 3.8) is 0 Å². The third-order valence-corrected chi connectivity index (χ3v) is 13.6. The Kier molecular flexibility index (Phi) is 9.38. The molecule has 0 aliphatic rings. The van der Waals surface area contributed by atoms with Crippen LogP contribution in [0.3, 0.4) is 0 Å². The van der Waals surface area contributed by atoms with Crippen LogP contribution in [-0.4, -0.2) is 29.1 Å². The quantitative estimate of drug-likeness (QED) is 0.152. The molecule has 0 fully saturated rings. The summed E-state index contributed by atoms with van der Waals surface area (Å²) in [6.07, 6.45) is 0. The van der Waals surface area contributed by atoms with Gasteiger partial charge >= 0.3 is 0 Å². The summed E-state index contributed by atoms with van der Waals surface area (Å²) in [6, 6.07) is 84.8. The molecule has 7 nitrogen and oxygen atoms in total. The van der Waals surface area contributed by atoms with Crippen LogP contribution < -0.4 is 0 Å². The number of hydrogen-bond donors (Lipinski definition) is 0. The van der Waals surface area contributed by atoms with E-state index in [2.05, 4.69) is 155 Å². The van der Waals surface area contributed by atoms with E-state index in [4.69, 9.17) is 24.4 Å². The van der Waals surface area contributed by atoms with E-state index < -0.39 is 0 Å². The zero-order valence-corrected chi connectivity index (χ0v) is 38.2. The third kappa shape index (κ3) is 6.82. The number of aromatic nitrogens is 6. The maximum atomic E-state index is 6.67. The van der Waals surface area contributed by atoms with Crippen molar-refractivity contribution in [1.29, 1.82) is 0 Å². The molecule has 71 heavy (non-hydrogen) atoms. The number of fused-ring (bicyclic) bond motifs is 8. The standard InChI is InChI=1S/C64H40N6O/c1-5-18-41(19-6-1)46-38-47(50-28-17-29-55-60(50)71-64(65-55)45-24-11-4-12-25-45)40-49(39-46)70-57-31-16-14-27-52(57)54-37-36-53-51-26-13-15-30-56(51)69(58(53)59(54)70)48-34-32-44(33-35-48)63-67-61(42-20-7-2-8-21-42)66-62(68-63)43-22-9-3-10-23-43/h1-40H. The molecule has 10 aromatic carbocycles. The van der Waals surface area contributed by atoms with Crippen LogP contribution in [0.4, 0.5) is 0 Å². The molecule has 0 N–H and O–H groups in total. The highest BCUT2D eigenvalue weighted by molar-refractivity contribution is 6.24. The summed E-state index contributed by atoms with van der Waals surface area (Å²) in [6.45, 7) is 0. The van der Waals surface area contributed by atoms with Crippen molar-refractivity contribution in [2.24, 2.45) is 0 Å². The Bertz CT molecular complexity index is 4250. The van der Waals surface area contributed by atoms with Crippen molar-refractivity contribution in [3.05, 3.63) is 243 Å². The van der Waals surface area contributed by atoms with Crippen LogP contribution in [0.1, 0.15) is 0 Å². The number of benzene rings is 10. The van der Waals surface area contributed by atoms with Crippen molar-refractivity contribution in [2.45, 2.75) is 0 Å². The summed E-state index contributed by atoms with van der Waals surface area (Å²) in [5.74, 6) is 2.47. The van der Waals surface area contributed by atoms with Crippen molar-refractivity contribution >= 4 is 54.7 Å². The first-order valence-electron chi connectivity index (χ1n) is 23.8. The van der Waals surface area contributed by atoms with Crippen LogP contribution in [0, 0.1) is 0 Å². The fourth-order valence-corrected chi connectivity index (χ4v) is 10.3. The Hall–Kier alpha value is -9.72.